The number of hydrogen-bond donors (Lipinski definition) is 0. The molecule has 0 aromatic heterocycles. The summed E-state index contributed by atoms with van der Waals surface area (Å²) in [6.45, 7) is 2.65. The molecule has 0 radical (unpaired) electrons. The number of rotatable bonds is 0. The molecule has 0 aliphatic rings. The smallest absolute Gasteiger partial charge is 0.194 e. The van der Waals surface area contributed by atoms with Gasteiger partial charge in [0, 0.05) is 4.99 Å². The molecule has 54 valence electrons. The predicted molar refractivity (Wildman–Crippen MR) is 35.3 cm³/mol. The van der Waals surface area contributed by atoms with Crippen molar-refractivity contribution in [3.63, 3.8) is 0 Å². The van der Waals surface area contributed by atoms with Crippen molar-refractivity contribution in [2.24, 2.45) is 0 Å². The van der Waals surface area contributed by atoms with E-state index in [9.17, 15) is 13.2 Å². The van der Waals surface area contributed by atoms with Gasteiger partial charge in [0.15, 0.2) is 5.29 Å². The highest BCUT2D eigenvalue weighted by Gasteiger charge is 1.75. The summed E-state index contributed by atoms with van der Waals surface area (Å²) < 4.78 is 31.7. The summed E-state index contributed by atoms with van der Waals surface area (Å²) in [6.07, 6.45) is -1.70. The monoisotopic (exact) mass is 222 g/mol. The molecule has 0 unspecified atom stereocenters. The standard InChI is InChI=1S/C2HBrF2.C2H2ClF/c3-1-2(4)5;1-2(3)4/h1H;1H2. The van der Waals surface area contributed by atoms with E-state index in [4.69, 9.17) is 0 Å². The molecular weight excluding hydrogens is 220 g/mol. The Bertz CT molecular complexity index is 104. The quantitative estimate of drug-likeness (QED) is 0.586. The molecule has 5 heteroatoms. The van der Waals surface area contributed by atoms with E-state index in [1.54, 1.807) is 0 Å². The van der Waals surface area contributed by atoms with Crippen LogP contribution in [-0.4, -0.2) is 0 Å². The van der Waals surface area contributed by atoms with Gasteiger partial charge in [0.2, 0.25) is 0 Å². The first-order valence-electron chi connectivity index (χ1n) is 1.62. The van der Waals surface area contributed by atoms with E-state index >= 15 is 0 Å². The van der Waals surface area contributed by atoms with Gasteiger partial charge in [-0.25, -0.2) is 0 Å². The van der Waals surface area contributed by atoms with E-state index < -0.39 is 11.4 Å². The summed E-state index contributed by atoms with van der Waals surface area (Å²) in [7, 11) is 0. The van der Waals surface area contributed by atoms with Gasteiger partial charge in [-0.05, 0) is 0 Å². The van der Waals surface area contributed by atoms with Crippen LogP contribution in [0.3, 0.4) is 0 Å². The highest BCUT2D eigenvalue weighted by molar-refractivity contribution is 9.11. The second-order valence-electron chi connectivity index (χ2n) is 0.737. The zero-order valence-electron chi connectivity index (χ0n) is 4.17. The Balaban J connectivity index is 0. The molecule has 0 fully saturated rings. The van der Waals surface area contributed by atoms with Crippen molar-refractivity contribution >= 4 is 27.5 Å². The highest BCUT2D eigenvalue weighted by Crippen LogP contribution is 1.98. The van der Waals surface area contributed by atoms with Crippen LogP contribution in [0, 0.1) is 0 Å². The molecule has 0 saturated heterocycles. The van der Waals surface area contributed by atoms with Gasteiger partial charge in [0.25, 0.3) is 6.08 Å². The van der Waals surface area contributed by atoms with Crippen LogP contribution in [0.25, 0.3) is 0 Å². The molecule has 0 nitrogen and oxygen atoms in total. The second-order valence-corrected chi connectivity index (χ2v) is 1.61. The van der Waals surface area contributed by atoms with Gasteiger partial charge >= 0.3 is 0 Å². The molecule has 0 atom stereocenters. The van der Waals surface area contributed by atoms with Crippen LogP contribution < -0.4 is 0 Å². The summed E-state index contributed by atoms with van der Waals surface area (Å²) in [5, 5.41) is -0.861. The average Bonchev–Trinajstić information content (AvgIpc) is 1.65. The molecule has 0 spiro atoms. The van der Waals surface area contributed by atoms with E-state index in [2.05, 4.69) is 34.1 Å². The fourth-order valence-corrected chi connectivity index (χ4v) is 0. The average molecular weight is 223 g/mol. The zero-order chi connectivity index (χ0) is 7.86. The number of hydrogen-bond acceptors (Lipinski definition) is 0. The molecule has 0 bridgehead atoms. The Labute approximate surface area is 64.1 Å². The van der Waals surface area contributed by atoms with E-state index in [0.29, 0.717) is 4.99 Å². The molecule has 0 aromatic carbocycles. The highest BCUT2D eigenvalue weighted by atomic mass is 79.9. The minimum absolute atomic E-state index is 0.562. The third kappa shape index (κ3) is 70.5. The van der Waals surface area contributed by atoms with Crippen LogP contribution in [0.4, 0.5) is 13.2 Å². The summed E-state index contributed by atoms with van der Waals surface area (Å²) in [5.41, 5.74) is 0. The lowest BCUT2D eigenvalue weighted by molar-refractivity contribution is 0.424. The van der Waals surface area contributed by atoms with Crippen LogP contribution in [0.2, 0.25) is 0 Å². The number of halogens is 5. The Hall–Kier alpha value is 0.0400. The van der Waals surface area contributed by atoms with Gasteiger partial charge in [-0.3, -0.25) is 0 Å². The summed E-state index contributed by atoms with van der Waals surface area (Å²) >= 11 is 6.82. The Morgan fingerprint density at radius 2 is 1.56 bits per heavy atom. The second kappa shape index (κ2) is 8.04. The molecule has 0 rings (SSSR count). The lowest BCUT2D eigenvalue weighted by atomic mass is 11.2. The van der Waals surface area contributed by atoms with Crippen molar-refractivity contribution in [1.29, 1.82) is 0 Å². The first-order chi connectivity index (χ1) is 4.00. The van der Waals surface area contributed by atoms with Crippen LogP contribution >= 0.6 is 27.5 Å². The molecule has 0 amide bonds. The SMILES string of the molecule is C=C(F)Cl.FC(F)=CBr. The van der Waals surface area contributed by atoms with E-state index in [1.165, 1.54) is 0 Å². The fraction of sp³-hybridized carbons (Fsp3) is 0. The molecule has 0 aromatic rings. The summed E-state index contributed by atoms with van der Waals surface area (Å²) in [4.78, 5) is 0.562. The molecule has 0 saturated carbocycles. The lowest BCUT2D eigenvalue weighted by Crippen LogP contribution is -1.40. The Morgan fingerprint density at radius 3 is 1.56 bits per heavy atom. The Kier molecular flexibility index (Phi) is 10.5. The molecule has 0 aliphatic carbocycles. The van der Waals surface area contributed by atoms with Crippen molar-refractivity contribution in [1.82, 2.24) is 0 Å². The topological polar surface area (TPSA) is 0 Å². The van der Waals surface area contributed by atoms with Crippen molar-refractivity contribution in [3.8, 4) is 0 Å². The van der Waals surface area contributed by atoms with Gasteiger partial charge < -0.3 is 0 Å². The molecule has 0 heterocycles. The third-order valence-corrected chi connectivity index (χ3v) is 0.429. The van der Waals surface area contributed by atoms with E-state index in [1.807, 2.05) is 0 Å². The van der Waals surface area contributed by atoms with Gasteiger partial charge in [-0.15, -0.1) is 0 Å². The van der Waals surface area contributed by atoms with Crippen LogP contribution in [0.1, 0.15) is 0 Å². The minimum atomic E-state index is -1.70. The van der Waals surface area contributed by atoms with Crippen molar-refractivity contribution in [3.05, 3.63) is 22.9 Å². The van der Waals surface area contributed by atoms with E-state index in [0.717, 1.165) is 0 Å². The fourth-order valence-electron chi connectivity index (χ4n) is 0. The molecule has 0 N–H and O–H groups in total. The maximum absolute atomic E-state index is 10.6. The van der Waals surface area contributed by atoms with Crippen LogP contribution in [0.5, 0.6) is 0 Å². The van der Waals surface area contributed by atoms with Crippen molar-refractivity contribution < 1.29 is 13.2 Å². The van der Waals surface area contributed by atoms with E-state index in [-0.39, 0.29) is 0 Å². The predicted octanol–water partition coefficient (Wildman–Crippen LogP) is 3.79. The van der Waals surface area contributed by atoms with Crippen molar-refractivity contribution in [2.75, 3.05) is 0 Å². The normalized spacial score (nSPS) is 6.78. The maximum Gasteiger partial charge on any atom is 0.277 e. The third-order valence-electron chi connectivity index (χ3n) is 0.0825. The van der Waals surface area contributed by atoms with Gasteiger partial charge in [0.05, 0.1) is 0 Å². The lowest BCUT2D eigenvalue weighted by Gasteiger charge is -1.61. The van der Waals surface area contributed by atoms with Crippen LogP contribution in [0.15, 0.2) is 22.9 Å². The molecule has 0 aliphatic heterocycles. The molecular formula is C4H3BrClF3. The largest absolute Gasteiger partial charge is 0.277 e. The zero-order valence-corrected chi connectivity index (χ0v) is 6.52. The minimum Gasteiger partial charge on any atom is -0.194 e. The first-order valence-corrected chi connectivity index (χ1v) is 2.91. The van der Waals surface area contributed by atoms with Gasteiger partial charge in [-0.1, -0.05) is 34.1 Å². The Morgan fingerprint density at radius 1 is 1.44 bits per heavy atom. The first kappa shape index (κ1) is 11.8. The maximum atomic E-state index is 10.6. The van der Waals surface area contributed by atoms with Crippen LogP contribution in [-0.2, 0) is 0 Å². The van der Waals surface area contributed by atoms with Gasteiger partial charge in [-0.2, -0.15) is 13.2 Å². The van der Waals surface area contributed by atoms with Crippen molar-refractivity contribution in [2.45, 2.75) is 0 Å². The summed E-state index contributed by atoms with van der Waals surface area (Å²) in [6, 6.07) is 0. The molecule has 9 heavy (non-hydrogen) atoms. The van der Waals surface area contributed by atoms with Gasteiger partial charge in [0.1, 0.15) is 0 Å². The summed E-state index contributed by atoms with van der Waals surface area (Å²) in [5.74, 6) is 0.